The Kier molecular flexibility index (Phi) is 5.39. The van der Waals surface area contributed by atoms with Gasteiger partial charge in [-0.05, 0) is 17.4 Å². The highest BCUT2D eigenvalue weighted by molar-refractivity contribution is 6.58. The van der Waals surface area contributed by atoms with Crippen molar-refractivity contribution >= 4 is 12.6 Å². The molecule has 0 aliphatic carbocycles. The number of benzene rings is 1. The first-order valence-corrected chi connectivity index (χ1v) is 5.26. The third-order valence-electron chi connectivity index (χ3n) is 2.19. The molecular formula is C11H17BO3. The summed E-state index contributed by atoms with van der Waals surface area (Å²) in [5, 5.41) is 17.8. The van der Waals surface area contributed by atoms with E-state index in [-0.39, 0.29) is 0 Å². The predicted octanol–water partition coefficient (Wildman–Crippen LogP) is 0.683. The molecule has 0 aromatic heterocycles. The van der Waals surface area contributed by atoms with Gasteiger partial charge in [-0.1, -0.05) is 37.6 Å². The lowest BCUT2D eigenvalue weighted by molar-refractivity contribution is 0.118. The molecule has 0 aliphatic heterocycles. The fourth-order valence-electron chi connectivity index (χ4n) is 1.22. The van der Waals surface area contributed by atoms with E-state index in [9.17, 15) is 0 Å². The zero-order chi connectivity index (χ0) is 11.1. The molecule has 3 nitrogen and oxygen atoms in total. The topological polar surface area (TPSA) is 49.7 Å². The number of rotatable bonds is 6. The van der Waals surface area contributed by atoms with E-state index in [0.717, 1.165) is 25.0 Å². The van der Waals surface area contributed by atoms with Crippen molar-refractivity contribution < 1.29 is 14.8 Å². The zero-order valence-electron chi connectivity index (χ0n) is 9.02. The summed E-state index contributed by atoms with van der Waals surface area (Å²) in [7, 11) is -1.39. The van der Waals surface area contributed by atoms with Crippen molar-refractivity contribution in [2.24, 2.45) is 0 Å². The molecule has 1 aromatic carbocycles. The lowest BCUT2D eigenvalue weighted by Crippen LogP contribution is -2.29. The smallest absolute Gasteiger partial charge is 0.423 e. The fourth-order valence-corrected chi connectivity index (χ4v) is 1.22. The van der Waals surface area contributed by atoms with Gasteiger partial charge in [-0.25, -0.2) is 0 Å². The molecule has 0 fully saturated rings. The number of hydrogen-bond donors (Lipinski definition) is 2. The summed E-state index contributed by atoms with van der Waals surface area (Å²) in [6.07, 6.45) is 2.21. The summed E-state index contributed by atoms with van der Waals surface area (Å²) in [6, 6.07) is 7.09. The standard InChI is InChI=1S/C11H17BO3/c1-2-3-8-15-9-10-4-6-11(7-5-10)12(13)14/h4-7,13-14H,2-3,8-9H2,1H3. The number of unbranched alkanes of at least 4 members (excludes halogenated alkanes) is 1. The largest absolute Gasteiger partial charge is 0.488 e. The molecule has 1 rings (SSSR count). The minimum atomic E-state index is -1.39. The Hall–Kier alpha value is -0.835. The van der Waals surface area contributed by atoms with Crippen LogP contribution in [0.15, 0.2) is 24.3 Å². The van der Waals surface area contributed by atoms with Crippen molar-refractivity contribution in [1.82, 2.24) is 0 Å². The molecule has 0 aliphatic rings. The molecule has 0 saturated carbocycles. The summed E-state index contributed by atoms with van der Waals surface area (Å²) in [5.41, 5.74) is 1.56. The van der Waals surface area contributed by atoms with Crippen LogP contribution < -0.4 is 5.46 Å². The van der Waals surface area contributed by atoms with Crippen molar-refractivity contribution in [3.63, 3.8) is 0 Å². The Morgan fingerprint density at radius 3 is 2.40 bits per heavy atom. The van der Waals surface area contributed by atoms with Crippen LogP contribution in [0, 0.1) is 0 Å². The van der Waals surface area contributed by atoms with Crippen LogP contribution in [-0.2, 0) is 11.3 Å². The van der Waals surface area contributed by atoms with Gasteiger partial charge in [-0.2, -0.15) is 0 Å². The van der Waals surface area contributed by atoms with Crippen LogP contribution in [0.5, 0.6) is 0 Å². The van der Waals surface area contributed by atoms with Gasteiger partial charge in [0.1, 0.15) is 0 Å². The summed E-state index contributed by atoms with van der Waals surface area (Å²) >= 11 is 0. The van der Waals surface area contributed by atoms with Gasteiger partial charge in [-0.15, -0.1) is 0 Å². The van der Waals surface area contributed by atoms with Crippen molar-refractivity contribution in [2.75, 3.05) is 6.61 Å². The molecule has 4 heteroatoms. The number of ether oxygens (including phenoxy) is 1. The molecule has 1 aromatic rings. The van der Waals surface area contributed by atoms with Gasteiger partial charge in [0.05, 0.1) is 6.61 Å². The molecular weight excluding hydrogens is 191 g/mol. The van der Waals surface area contributed by atoms with E-state index in [0.29, 0.717) is 12.1 Å². The van der Waals surface area contributed by atoms with Crippen molar-refractivity contribution in [2.45, 2.75) is 26.4 Å². The second kappa shape index (κ2) is 6.61. The molecule has 0 unspecified atom stereocenters. The SMILES string of the molecule is CCCCOCc1ccc(B(O)O)cc1. The van der Waals surface area contributed by atoms with Crippen LogP contribution in [0.25, 0.3) is 0 Å². The predicted molar refractivity (Wildman–Crippen MR) is 60.8 cm³/mol. The number of hydrogen-bond acceptors (Lipinski definition) is 3. The molecule has 0 bridgehead atoms. The average Bonchev–Trinajstić information content (AvgIpc) is 2.25. The average molecular weight is 208 g/mol. The van der Waals surface area contributed by atoms with E-state index < -0.39 is 7.12 Å². The normalized spacial score (nSPS) is 10.3. The molecule has 2 N–H and O–H groups in total. The summed E-state index contributed by atoms with van der Waals surface area (Å²) in [6.45, 7) is 3.49. The van der Waals surface area contributed by atoms with Crippen LogP contribution in [0.1, 0.15) is 25.3 Å². The third kappa shape index (κ3) is 4.47. The first-order chi connectivity index (χ1) is 7.24. The highest BCUT2D eigenvalue weighted by Gasteiger charge is 2.09. The first-order valence-electron chi connectivity index (χ1n) is 5.26. The van der Waals surface area contributed by atoms with E-state index in [2.05, 4.69) is 6.92 Å². The van der Waals surface area contributed by atoms with Crippen LogP contribution in [0.2, 0.25) is 0 Å². The summed E-state index contributed by atoms with van der Waals surface area (Å²) < 4.78 is 5.44. The molecule has 0 heterocycles. The van der Waals surface area contributed by atoms with Crippen LogP contribution in [-0.4, -0.2) is 23.8 Å². The minimum Gasteiger partial charge on any atom is -0.423 e. The monoisotopic (exact) mass is 208 g/mol. The Morgan fingerprint density at radius 2 is 1.87 bits per heavy atom. The van der Waals surface area contributed by atoms with E-state index in [1.54, 1.807) is 12.1 Å². The fraction of sp³-hybridized carbons (Fsp3) is 0.455. The quantitative estimate of drug-likeness (QED) is 0.534. The summed E-state index contributed by atoms with van der Waals surface area (Å²) in [5.74, 6) is 0. The first kappa shape index (κ1) is 12.2. The Labute approximate surface area is 90.9 Å². The van der Waals surface area contributed by atoms with Crippen molar-refractivity contribution in [3.8, 4) is 0 Å². The summed E-state index contributed by atoms with van der Waals surface area (Å²) in [4.78, 5) is 0. The van der Waals surface area contributed by atoms with Crippen LogP contribution in [0.3, 0.4) is 0 Å². The van der Waals surface area contributed by atoms with Gasteiger partial charge in [0.2, 0.25) is 0 Å². The lowest BCUT2D eigenvalue weighted by atomic mass is 9.80. The molecule has 0 saturated heterocycles. The maximum absolute atomic E-state index is 8.88. The van der Waals surface area contributed by atoms with Gasteiger partial charge >= 0.3 is 7.12 Å². The van der Waals surface area contributed by atoms with Gasteiger partial charge < -0.3 is 14.8 Å². The molecule has 0 radical (unpaired) electrons. The zero-order valence-corrected chi connectivity index (χ0v) is 9.02. The van der Waals surface area contributed by atoms with Crippen molar-refractivity contribution in [1.29, 1.82) is 0 Å². The van der Waals surface area contributed by atoms with E-state index >= 15 is 0 Å². The molecule has 0 spiro atoms. The second-order valence-electron chi connectivity index (χ2n) is 3.52. The third-order valence-corrected chi connectivity index (χ3v) is 2.19. The van der Waals surface area contributed by atoms with Gasteiger partial charge in [0.15, 0.2) is 0 Å². The van der Waals surface area contributed by atoms with Crippen molar-refractivity contribution in [3.05, 3.63) is 29.8 Å². The Balaban J connectivity index is 2.36. The molecule has 0 atom stereocenters. The Bertz CT molecular complexity index is 272. The molecule has 82 valence electrons. The van der Waals surface area contributed by atoms with E-state index in [1.165, 1.54) is 0 Å². The maximum atomic E-state index is 8.88. The van der Waals surface area contributed by atoms with E-state index in [4.69, 9.17) is 14.8 Å². The van der Waals surface area contributed by atoms with Gasteiger partial charge in [0.25, 0.3) is 0 Å². The van der Waals surface area contributed by atoms with Gasteiger partial charge in [0, 0.05) is 6.61 Å². The Morgan fingerprint density at radius 1 is 1.20 bits per heavy atom. The van der Waals surface area contributed by atoms with E-state index in [1.807, 2.05) is 12.1 Å². The van der Waals surface area contributed by atoms with Gasteiger partial charge in [-0.3, -0.25) is 0 Å². The van der Waals surface area contributed by atoms with Crippen LogP contribution >= 0.6 is 0 Å². The molecule has 0 amide bonds. The minimum absolute atomic E-state index is 0.507. The molecule has 15 heavy (non-hydrogen) atoms. The maximum Gasteiger partial charge on any atom is 0.488 e. The van der Waals surface area contributed by atoms with Crippen LogP contribution in [0.4, 0.5) is 0 Å². The highest BCUT2D eigenvalue weighted by Crippen LogP contribution is 2.00. The second-order valence-corrected chi connectivity index (χ2v) is 3.52. The highest BCUT2D eigenvalue weighted by atomic mass is 16.5. The lowest BCUT2D eigenvalue weighted by Gasteiger charge is -2.04.